The standard InChI is InChI=1S/C17H20ClNO/c1-2-20-16-8-5-6-13(11-16)10-15(19)12-14-7-3-4-9-17(14)18/h3-9,11,15H,2,10,12,19H2,1H3. The first-order chi connectivity index (χ1) is 9.69. The molecule has 0 heterocycles. The third-order valence-corrected chi connectivity index (χ3v) is 3.52. The van der Waals surface area contributed by atoms with E-state index >= 15 is 0 Å². The van der Waals surface area contributed by atoms with Gasteiger partial charge in [0.15, 0.2) is 0 Å². The summed E-state index contributed by atoms with van der Waals surface area (Å²) in [7, 11) is 0. The number of halogens is 1. The molecule has 0 radical (unpaired) electrons. The van der Waals surface area contributed by atoms with E-state index in [1.807, 2.05) is 43.3 Å². The van der Waals surface area contributed by atoms with Crippen molar-refractivity contribution in [3.05, 3.63) is 64.7 Å². The van der Waals surface area contributed by atoms with Gasteiger partial charge in [0.2, 0.25) is 0 Å². The Kier molecular flexibility index (Phi) is 5.45. The molecular formula is C17H20ClNO. The van der Waals surface area contributed by atoms with Crippen molar-refractivity contribution in [1.82, 2.24) is 0 Å². The maximum atomic E-state index is 6.23. The molecule has 0 spiro atoms. The van der Waals surface area contributed by atoms with Crippen LogP contribution in [0.2, 0.25) is 5.02 Å². The molecule has 0 aromatic heterocycles. The summed E-state index contributed by atoms with van der Waals surface area (Å²) in [6, 6.07) is 16.0. The van der Waals surface area contributed by atoms with E-state index in [-0.39, 0.29) is 6.04 Å². The normalized spacial score (nSPS) is 12.2. The third kappa shape index (κ3) is 4.26. The molecule has 0 bridgehead atoms. The van der Waals surface area contributed by atoms with Crippen molar-refractivity contribution >= 4 is 11.6 Å². The number of nitrogens with two attached hydrogens (primary N) is 1. The second kappa shape index (κ2) is 7.32. The zero-order valence-corrected chi connectivity index (χ0v) is 12.4. The fourth-order valence-corrected chi connectivity index (χ4v) is 2.46. The van der Waals surface area contributed by atoms with E-state index in [2.05, 4.69) is 12.1 Å². The van der Waals surface area contributed by atoms with Crippen LogP contribution in [0.3, 0.4) is 0 Å². The highest BCUT2D eigenvalue weighted by atomic mass is 35.5. The molecule has 2 aromatic carbocycles. The van der Waals surface area contributed by atoms with Gasteiger partial charge in [-0.3, -0.25) is 0 Å². The molecule has 1 unspecified atom stereocenters. The van der Waals surface area contributed by atoms with E-state index in [1.165, 1.54) is 5.56 Å². The lowest BCUT2D eigenvalue weighted by Crippen LogP contribution is -2.25. The molecule has 2 nitrogen and oxygen atoms in total. The van der Waals surface area contributed by atoms with Crippen molar-refractivity contribution in [2.24, 2.45) is 5.73 Å². The molecule has 20 heavy (non-hydrogen) atoms. The van der Waals surface area contributed by atoms with E-state index < -0.39 is 0 Å². The lowest BCUT2D eigenvalue weighted by atomic mass is 9.99. The van der Waals surface area contributed by atoms with Crippen LogP contribution in [-0.2, 0) is 12.8 Å². The number of ether oxygens (including phenoxy) is 1. The molecule has 2 aromatic rings. The van der Waals surface area contributed by atoms with E-state index in [0.29, 0.717) is 6.61 Å². The average molecular weight is 290 g/mol. The quantitative estimate of drug-likeness (QED) is 0.876. The van der Waals surface area contributed by atoms with E-state index in [1.54, 1.807) is 0 Å². The Morgan fingerprint density at radius 2 is 1.90 bits per heavy atom. The van der Waals surface area contributed by atoms with Crippen molar-refractivity contribution in [1.29, 1.82) is 0 Å². The van der Waals surface area contributed by atoms with Crippen molar-refractivity contribution in [3.8, 4) is 5.75 Å². The topological polar surface area (TPSA) is 35.2 Å². The Morgan fingerprint density at radius 1 is 1.10 bits per heavy atom. The molecule has 2 N–H and O–H groups in total. The first-order valence-corrected chi connectivity index (χ1v) is 7.27. The minimum absolute atomic E-state index is 0.0479. The number of rotatable bonds is 6. The van der Waals surface area contributed by atoms with Crippen LogP contribution in [-0.4, -0.2) is 12.6 Å². The van der Waals surface area contributed by atoms with E-state index in [9.17, 15) is 0 Å². The van der Waals surface area contributed by atoms with Crippen LogP contribution in [0.15, 0.2) is 48.5 Å². The third-order valence-electron chi connectivity index (χ3n) is 3.15. The monoisotopic (exact) mass is 289 g/mol. The largest absolute Gasteiger partial charge is 0.494 e. The van der Waals surface area contributed by atoms with Crippen LogP contribution in [0, 0.1) is 0 Å². The molecule has 106 valence electrons. The first kappa shape index (κ1) is 14.9. The van der Waals surface area contributed by atoms with Crippen molar-refractivity contribution < 1.29 is 4.74 Å². The van der Waals surface area contributed by atoms with Gasteiger partial charge >= 0.3 is 0 Å². The van der Waals surface area contributed by atoms with Gasteiger partial charge in [0, 0.05) is 11.1 Å². The van der Waals surface area contributed by atoms with Crippen LogP contribution in [0.25, 0.3) is 0 Å². The zero-order valence-electron chi connectivity index (χ0n) is 11.7. The highest BCUT2D eigenvalue weighted by Gasteiger charge is 2.08. The van der Waals surface area contributed by atoms with Crippen molar-refractivity contribution in [2.75, 3.05) is 6.61 Å². The molecule has 2 rings (SSSR count). The fourth-order valence-electron chi connectivity index (χ4n) is 2.25. The zero-order chi connectivity index (χ0) is 14.4. The lowest BCUT2D eigenvalue weighted by molar-refractivity contribution is 0.340. The Morgan fingerprint density at radius 3 is 2.65 bits per heavy atom. The predicted molar refractivity (Wildman–Crippen MR) is 84.4 cm³/mol. The molecule has 0 saturated carbocycles. The van der Waals surface area contributed by atoms with Gasteiger partial charge in [-0.1, -0.05) is 41.9 Å². The average Bonchev–Trinajstić information content (AvgIpc) is 2.42. The van der Waals surface area contributed by atoms with Crippen molar-refractivity contribution in [3.63, 3.8) is 0 Å². The van der Waals surface area contributed by atoms with Crippen LogP contribution >= 0.6 is 11.6 Å². The summed E-state index contributed by atoms with van der Waals surface area (Å²) in [6.07, 6.45) is 1.59. The minimum atomic E-state index is 0.0479. The molecule has 0 saturated heterocycles. The fraction of sp³-hybridized carbons (Fsp3) is 0.294. The molecule has 3 heteroatoms. The van der Waals surface area contributed by atoms with E-state index in [4.69, 9.17) is 22.1 Å². The SMILES string of the molecule is CCOc1cccc(CC(N)Cc2ccccc2Cl)c1. The number of benzene rings is 2. The lowest BCUT2D eigenvalue weighted by Gasteiger charge is -2.13. The summed E-state index contributed by atoms with van der Waals surface area (Å²) in [5.41, 5.74) is 8.52. The summed E-state index contributed by atoms with van der Waals surface area (Å²) in [5, 5.41) is 0.783. The molecule has 0 aliphatic heterocycles. The maximum absolute atomic E-state index is 6.23. The van der Waals surface area contributed by atoms with E-state index in [0.717, 1.165) is 29.2 Å². The first-order valence-electron chi connectivity index (χ1n) is 6.89. The van der Waals surface area contributed by atoms with Crippen LogP contribution in [0.1, 0.15) is 18.1 Å². The summed E-state index contributed by atoms with van der Waals surface area (Å²) >= 11 is 6.16. The summed E-state index contributed by atoms with van der Waals surface area (Å²) in [6.45, 7) is 2.66. The second-order valence-electron chi connectivity index (χ2n) is 4.84. The molecule has 0 aliphatic rings. The van der Waals surface area contributed by atoms with Crippen molar-refractivity contribution in [2.45, 2.75) is 25.8 Å². The molecule has 1 atom stereocenters. The van der Waals surface area contributed by atoms with Gasteiger partial charge in [-0.2, -0.15) is 0 Å². The number of hydrogen-bond acceptors (Lipinski definition) is 2. The highest BCUT2D eigenvalue weighted by Crippen LogP contribution is 2.19. The molecule has 0 fully saturated rings. The van der Waals surface area contributed by atoms with Crippen LogP contribution in [0.4, 0.5) is 0 Å². The minimum Gasteiger partial charge on any atom is -0.494 e. The Hall–Kier alpha value is -1.51. The second-order valence-corrected chi connectivity index (χ2v) is 5.25. The highest BCUT2D eigenvalue weighted by molar-refractivity contribution is 6.31. The van der Waals surface area contributed by atoms with Gasteiger partial charge in [-0.05, 0) is 49.1 Å². The van der Waals surface area contributed by atoms with Gasteiger partial charge in [0.1, 0.15) is 5.75 Å². The summed E-state index contributed by atoms with van der Waals surface area (Å²) < 4.78 is 5.50. The van der Waals surface area contributed by atoms with Gasteiger partial charge < -0.3 is 10.5 Å². The maximum Gasteiger partial charge on any atom is 0.119 e. The molecule has 0 aliphatic carbocycles. The smallest absolute Gasteiger partial charge is 0.119 e. The summed E-state index contributed by atoms with van der Waals surface area (Å²) in [4.78, 5) is 0. The predicted octanol–water partition coefficient (Wildman–Crippen LogP) is 3.85. The van der Waals surface area contributed by atoms with Gasteiger partial charge in [-0.25, -0.2) is 0 Å². The Bertz CT molecular complexity index is 556. The van der Waals surface area contributed by atoms with Gasteiger partial charge in [-0.15, -0.1) is 0 Å². The summed E-state index contributed by atoms with van der Waals surface area (Å²) in [5.74, 6) is 0.898. The molecular weight excluding hydrogens is 270 g/mol. The van der Waals surface area contributed by atoms with Gasteiger partial charge in [0.05, 0.1) is 6.61 Å². The van der Waals surface area contributed by atoms with Crippen LogP contribution < -0.4 is 10.5 Å². The van der Waals surface area contributed by atoms with Crippen LogP contribution in [0.5, 0.6) is 5.75 Å². The molecule has 0 amide bonds. The Labute approximate surface area is 125 Å². The number of hydrogen-bond donors (Lipinski definition) is 1. The van der Waals surface area contributed by atoms with Gasteiger partial charge in [0.25, 0.3) is 0 Å². The Balaban J connectivity index is 1.99.